The SMILES string of the molecule is CC(C)CC(C)CC(C)[C@H]1CC[C@H]2[C@@H]3CCC4CCCC[C@]4(C)[C@H]3CC[C@]12C. The van der Waals surface area contributed by atoms with Crippen LogP contribution in [0.3, 0.4) is 0 Å². The van der Waals surface area contributed by atoms with Crippen molar-refractivity contribution in [2.75, 3.05) is 0 Å². The van der Waals surface area contributed by atoms with Gasteiger partial charge in [0.15, 0.2) is 0 Å². The summed E-state index contributed by atoms with van der Waals surface area (Å²) in [6, 6.07) is 0. The molecule has 28 heavy (non-hydrogen) atoms. The fraction of sp³-hybridized carbons (Fsp3) is 1.00. The van der Waals surface area contributed by atoms with Gasteiger partial charge in [0.2, 0.25) is 0 Å². The summed E-state index contributed by atoms with van der Waals surface area (Å²) in [5.74, 6) is 7.97. The number of hydrogen-bond acceptors (Lipinski definition) is 0. The Morgan fingerprint density at radius 2 is 1.46 bits per heavy atom. The van der Waals surface area contributed by atoms with Crippen LogP contribution < -0.4 is 0 Å². The lowest BCUT2D eigenvalue weighted by molar-refractivity contribution is -0.114. The predicted molar refractivity (Wildman–Crippen MR) is 122 cm³/mol. The maximum atomic E-state index is 2.75. The van der Waals surface area contributed by atoms with Crippen LogP contribution in [0.4, 0.5) is 0 Å². The number of rotatable bonds is 5. The molecule has 0 spiro atoms. The first-order valence-corrected chi connectivity index (χ1v) is 13.3. The highest BCUT2D eigenvalue weighted by Gasteiger charge is 2.60. The van der Waals surface area contributed by atoms with Gasteiger partial charge in [0, 0.05) is 0 Å². The molecule has 0 amide bonds. The number of fused-ring (bicyclic) bond motifs is 5. The maximum Gasteiger partial charge on any atom is -0.0264 e. The van der Waals surface area contributed by atoms with Crippen molar-refractivity contribution in [1.29, 1.82) is 0 Å². The Balaban J connectivity index is 1.47. The highest BCUT2D eigenvalue weighted by Crippen LogP contribution is 2.68. The van der Waals surface area contributed by atoms with E-state index in [4.69, 9.17) is 0 Å². The average Bonchev–Trinajstić information content (AvgIpc) is 2.97. The summed E-state index contributed by atoms with van der Waals surface area (Å²) in [5, 5.41) is 0. The molecule has 4 saturated carbocycles. The van der Waals surface area contributed by atoms with E-state index in [0.29, 0.717) is 10.8 Å². The predicted octanol–water partition coefficient (Wildman–Crippen LogP) is 8.74. The van der Waals surface area contributed by atoms with Gasteiger partial charge in [-0.05, 0) is 122 Å². The molecule has 0 aromatic carbocycles. The molecular weight excluding hydrogens is 336 g/mol. The van der Waals surface area contributed by atoms with E-state index in [1.165, 1.54) is 25.7 Å². The van der Waals surface area contributed by atoms with Crippen molar-refractivity contribution in [3.8, 4) is 0 Å². The van der Waals surface area contributed by atoms with Gasteiger partial charge in [-0.15, -0.1) is 0 Å². The van der Waals surface area contributed by atoms with Gasteiger partial charge < -0.3 is 0 Å². The summed E-state index contributed by atoms with van der Waals surface area (Å²) >= 11 is 0. The van der Waals surface area contributed by atoms with E-state index >= 15 is 0 Å². The highest BCUT2D eigenvalue weighted by atomic mass is 14.6. The molecule has 4 fully saturated rings. The third kappa shape index (κ3) is 3.51. The van der Waals surface area contributed by atoms with Gasteiger partial charge in [0.1, 0.15) is 0 Å². The van der Waals surface area contributed by atoms with Crippen molar-refractivity contribution < 1.29 is 0 Å². The van der Waals surface area contributed by atoms with Crippen LogP contribution in [-0.4, -0.2) is 0 Å². The third-order valence-corrected chi connectivity index (χ3v) is 11.0. The largest absolute Gasteiger partial charge is 0.0628 e. The Kier molecular flexibility index (Phi) is 6.01. The molecule has 0 nitrogen and oxygen atoms in total. The van der Waals surface area contributed by atoms with Crippen LogP contribution in [-0.2, 0) is 0 Å². The summed E-state index contributed by atoms with van der Waals surface area (Å²) in [7, 11) is 0. The minimum absolute atomic E-state index is 0.663. The lowest BCUT2D eigenvalue weighted by Gasteiger charge is -2.61. The third-order valence-electron chi connectivity index (χ3n) is 11.0. The molecule has 162 valence electrons. The molecule has 0 heteroatoms. The molecule has 3 unspecified atom stereocenters. The molecule has 9 atom stereocenters. The topological polar surface area (TPSA) is 0 Å². The zero-order valence-electron chi connectivity index (χ0n) is 20.1. The first-order valence-electron chi connectivity index (χ1n) is 13.3. The average molecular weight is 387 g/mol. The summed E-state index contributed by atoms with van der Waals surface area (Å²) in [4.78, 5) is 0. The van der Waals surface area contributed by atoms with E-state index in [1.807, 2.05) is 0 Å². The monoisotopic (exact) mass is 386 g/mol. The van der Waals surface area contributed by atoms with Crippen LogP contribution in [0.1, 0.15) is 119 Å². The van der Waals surface area contributed by atoms with E-state index in [9.17, 15) is 0 Å². The van der Waals surface area contributed by atoms with Gasteiger partial charge in [-0.2, -0.15) is 0 Å². The van der Waals surface area contributed by atoms with Crippen LogP contribution >= 0.6 is 0 Å². The molecule has 0 aromatic rings. The summed E-state index contributed by atoms with van der Waals surface area (Å²) in [6.07, 6.45) is 18.4. The lowest BCUT2D eigenvalue weighted by atomic mass is 9.44. The lowest BCUT2D eigenvalue weighted by Crippen LogP contribution is -2.53. The molecule has 0 aliphatic heterocycles. The Morgan fingerprint density at radius 3 is 2.21 bits per heavy atom. The van der Waals surface area contributed by atoms with Crippen LogP contribution in [0.25, 0.3) is 0 Å². The van der Waals surface area contributed by atoms with Gasteiger partial charge >= 0.3 is 0 Å². The molecule has 0 bridgehead atoms. The molecule has 0 radical (unpaired) electrons. The minimum atomic E-state index is 0.663. The second-order valence-corrected chi connectivity index (χ2v) is 13.1. The first-order chi connectivity index (χ1) is 13.3. The molecule has 4 aliphatic rings. The molecular formula is C28H50. The van der Waals surface area contributed by atoms with E-state index in [1.54, 1.807) is 51.4 Å². The van der Waals surface area contributed by atoms with Gasteiger partial charge in [0.05, 0.1) is 0 Å². The van der Waals surface area contributed by atoms with E-state index < -0.39 is 0 Å². The Morgan fingerprint density at radius 1 is 0.714 bits per heavy atom. The Hall–Kier alpha value is 0. The Bertz CT molecular complexity index is 534. The van der Waals surface area contributed by atoms with Crippen molar-refractivity contribution in [2.24, 2.45) is 58.2 Å². The van der Waals surface area contributed by atoms with Gasteiger partial charge in [-0.3, -0.25) is 0 Å². The quantitative estimate of drug-likeness (QED) is 0.443. The molecule has 0 saturated heterocycles. The van der Waals surface area contributed by atoms with Crippen molar-refractivity contribution in [3.05, 3.63) is 0 Å². The van der Waals surface area contributed by atoms with Gasteiger partial charge in [-0.1, -0.05) is 54.4 Å². The van der Waals surface area contributed by atoms with Crippen LogP contribution in [0.2, 0.25) is 0 Å². The van der Waals surface area contributed by atoms with E-state index in [2.05, 4.69) is 41.5 Å². The second kappa shape index (κ2) is 7.92. The molecule has 0 heterocycles. The van der Waals surface area contributed by atoms with Gasteiger partial charge in [0.25, 0.3) is 0 Å². The fourth-order valence-electron chi connectivity index (χ4n) is 9.97. The summed E-state index contributed by atoms with van der Waals surface area (Å²) < 4.78 is 0. The maximum absolute atomic E-state index is 2.75. The first kappa shape index (κ1) is 21.2. The Labute approximate surface area is 177 Å². The molecule has 0 N–H and O–H groups in total. The highest BCUT2D eigenvalue weighted by molar-refractivity contribution is 5.09. The summed E-state index contributed by atoms with van der Waals surface area (Å²) in [6.45, 7) is 15.4. The molecule has 0 aromatic heterocycles. The minimum Gasteiger partial charge on any atom is -0.0628 e. The molecule has 4 aliphatic carbocycles. The fourth-order valence-corrected chi connectivity index (χ4v) is 9.97. The van der Waals surface area contributed by atoms with E-state index in [-0.39, 0.29) is 0 Å². The molecule has 4 rings (SSSR count). The van der Waals surface area contributed by atoms with Crippen LogP contribution in [0.5, 0.6) is 0 Å². The number of hydrogen-bond donors (Lipinski definition) is 0. The van der Waals surface area contributed by atoms with Crippen LogP contribution in [0.15, 0.2) is 0 Å². The zero-order chi connectivity index (χ0) is 20.1. The second-order valence-electron chi connectivity index (χ2n) is 13.1. The van der Waals surface area contributed by atoms with E-state index in [0.717, 1.165) is 47.3 Å². The van der Waals surface area contributed by atoms with Crippen molar-refractivity contribution in [3.63, 3.8) is 0 Å². The van der Waals surface area contributed by atoms with Gasteiger partial charge in [-0.25, -0.2) is 0 Å². The van der Waals surface area contributed by atoms with Crippen LogP contribution in [0, 0.1) is 58.2 Å². The zero-order valence-corrected chi connectivity index (χ0v) is 20.1. The van der Waals surface area contributed by atoms with Crippen molar-refractivity contribution >= 4 is 0 Å². The smallest absolute Gasteiger partial charge is 0.0264 e. The summed E-state index contributed by atoms with van der Waals surface area (Å²) in [5.41, 5.74) is 1.37. The van der Waals surface area contributed by atoms with Crippen molar-refractivity contribution in [1.82, 2.24) is 0 Å². The standard InChI is InChI=1S/C28H50/c1-19(2)17-20(3)18-21(4)24-12-13-25-23-11-10-22-9-7-8-15-27(22,5)26(23)14-16-28(24,25)6/h19-26H,7-18H2,1-6H3/t20?,21?,22?,23-,24+,25-,26-,27-,28+/m0/s1. The van der Waals surface area contributed by atoms with Crippen molar-refractivity contribution in [2.45, 2.75) is 119 Å². The normalized spacial score (nSPS) is 47.9.